The molecular weight excluding hydrogens is 554 g/mol. The third-order valence-corrected chi connectivity index (χ3v) is 10.0. The lowest BCUT2D eigenvalue weighted by Crippen LogP contribution is -2.47. The molecule has 2 aromatic carbocycles. The number of nitrogens with two attached hydrogens (primary N) is 1. The summed E-state index contributed by atoms with van der Waals surface area (Å²) in [6.45, 7) is 9.18. The van der Waals surface area contributed by atoms with Crippen molar-refractivity contribution in [2.45, 2.75) is 64.6 Å². The lowest BCUT2D eigenvalue weighted by atomic mass is 9.77. The van der Waals surface area contributed by atoms with E-state index < -0.39 is 6.09 Å². The molecule has 230 valence electrons. The van der Waals surface area contributed by atoms with Gasteiger partial charge in [0.1, 0.15) is 29.3 Å². The fourth-order valence-electron chi connectivity index (χ4n) is 8.18. The van der Waals surface area contributed by atoms with Gasteiger partial charge in [-0.05, 0) is 79.3 Å². The highest BCUT2D eigenvalue weighted by Crippen LogP contribution is 2.49. The van der Waals surface area contributed by atoms with Crippen LogP contribution in [-0.2, 0) is 0 Å². The van der Waals surface area contributed by atoms with Crippen LogP contribution < -0.4 is 10.5 Å². The monoisotopic (exact) mass is 595 g/mol. The lowest BCUT2D eigenvalue weighted by molar-refractivity contribution is 0.0777. The van der Waals surface area contributed by atoms with Crippen molar-refractivity contribution in [1.82, 2.24) is 29.5 Å². The van der Waals surface area contributed by atoms with Crippen LogP contribution in [0, 0.1) is 17.3 Å². The topological polar surface area (TPSA) is 123 Å². The number of nitrogen functional groups attached to an aromatic ring is 1. The number of carbonyl (C=O) groups is 1. The second-order valence-electron chi connectivity index (χ2n) is 13.8. The summed E-state index contributed by atoms with van der Waals surface area (Å²) in [4.78, 5) is 25.3. The zero-order valence-corrected chi connectivity index (χ0v) is 25.6. The Hall–Kier alpha value is -4.18. The molecule has 7 rings (SSSR count). The number of piperidine rings is 1. The van der Waals surface area contributed by atoms with E-state index in [0.29, 0.717) is 30.2 Å². The Morgan fingerprint density at radius 2 is 1.66 bits per heavy atom. The number of fused-ring (bicyclic) bond motifs is 2. The fourth-order valence-corrected chi connectivity index (χ4v) is 8.18. The van der Waals surface area contributed by atoms with Crippen molar-refractivity contribution in [3.05, 3.63) is 60.9 Å². The van der Waals surface area contributed by atoms with Gasteiger partial charge in [-0.3, -0.25) is 0 Å². The molecule has 2 aliphatic heterocycles. The van der Waals surface area contributed by atoms with Crippen molar-refractivity contribution in [1.29, 1.82) is 0 Å². The normalized spacial score (nSPS) is 24.6. The third-order valence-electron chi connectivity index (χ3n) is 10.0. The molecule has 2 saturated heterocycles. The van der Waals surface area contributed by atoms with Gasteiger partial charge >= 0.3 is 6.09 Å². The Balaban J connectivity index is 1.07. The maximum Gasteiger partial charge on any atom is 0.407 e. The first-order valence-electron chi connectivity index (χ1n) is 15.7. The first-order valence-corrected chi connectivity index (χ1v) is 15.7. The molecule has 3 aliphatic rings. The molecule has 4 atom stereocenters. The number of likely N-dealkylation sites (tertiary alicyclic amines) is 2. The molecule has 10 heteroatoms. The number of hydrogen-bond donors (Lipinski definition) is 2. The van der Waals surface area contributed by atoms with Gasteiger partial charge in [0.15, 0.2) is 5.65 Å². The number of benzene rings is 2. The number of hydrogen-bond acceptors (Lipinski definition) is 7. The molecule has 1 saturated carbocycles. The molecular formula is C34H41N7O3. The van der Waals surface area contributed by atoms with Gasteiger partial charge in [-0.2, -0.15) is 5.10 Å². The van der Waals surface area contributed by atoms with Crippen molar-refractivity contribution in [3.63, 3.8) is 0 Å². The number of anilines is 1. The SMILES string of the molecule is CC(C)(C)C1[C@H]2CC(N3CCC(n4nc(-c5ccc(Oc6ccccc6)cc5)c5c(N)ncnc54)CC3)C[C@H]2CN1C(=O)O. The largest absolute Gasteiger partial charge is 0.465 e. The standard InChI is InChI=1S/C34H41N7O3/c1-34(2,3)30-27-18-24(17-22(27)19-40(30)33(42)43)39-15-13-23(14-16-39)41-32-28(31(35)36-20-37-32)29(38-41)21-9-11-26(12-10-21)44-25-7-5-4-6-8-25/h4-12,20,22-24,27,30H,13-19H2,1-3H3,(H,42,43)(H2,35,36,37)/t22-,24?,27-,30?/m0/s1. The predicted octanol–water partition coefficient (Wildman–Crippen LogP) is 6.31. The lowest BCUT2D eigenvalue weighted by Gasteiger charge is -2.39. The van der Waals surface area contributed by atoms with Crippen LogP contribution in [0.1, 0.15) is 52.5 Å². The van der Waals surface area contributed by atoms with Crippen molar-refractivity contribution < 1.29 is 14.6 Å². The number of nitrogens with zero attached hydrogens (tertiary/aromatic N) is 6. The minimum atomic E-state index is -0.775. The van der Waals surface area contributed by atoms with E-state index in [1.165, 1.54) is 6.33 Å². The summed E-state index contributed by atoms with van der Waals surface area (Å²) in [7, 11) is 0. The smallest absolute Gasteiger partial charge is 0.407 e. The molecule has 4 aromatic rings. The molecule has 4 heterocycles. The van der Waals surface area contributed by atoms with Crippen LogP contribution in [0.25, 0.3) is 22.3 Å². The molecule has 3 fully saturated rings. The molecule has 0 radical (unpaired) electrons. The maximum absolute atomic E-state index is 12.0. The highest BCUT2D eigenvalue weighted by atomic mass is 16.5. The highest BCUT2D eigenvalue weighted by Gasteiger charge is 2.53. The van der Waals surface area contributed by atoms with E-state index in [1.54, 1.807) is 4.90 Å². The van der Waals surface area contributed by atoms with Crippen LogP contribution in [0.3, 0.4) is 0 Å². The Morgan fingerprint density at radius 1 is 0.955 bits per heavy atom. The maximum atomic E-state index is 12.0. The zero-order chi connectivity index (χ0) is 30.6. The predicted molar refractivity (Wildman–Crippen MR) is 170 cm³/mol. The van der Waals surface area contributed by atoms with E-state index in [9.17, 15) is 9.90 Å². The minimum Gasteiger partial charge on any atom is -0.465 e. The van der Waals surface area contributed by atoms with Crippen molar-refractivity contribution in [3.8, 4) is 22.8 Å². The average molecular weight is 596 g/mol. The van der Waals surface area contributed by atoms with E-state index in [0.717, 1.165) is 72.6 Å². The van der Waals surface area contributed by atoms with Crippen LogP contribution >= 0.6 is 0 Å². The van der Waals surface area contributed by atoms with Crippen LogP contribution in [0.4, 0.5) is 10.6 Å². The first kappa shape index (κ1) is 28.6. The van der Waals surface area contributed by atoms with E-state index in [-0.39, 0.29) is 17.5 Å². The Morgan fingerprint density at radius 3 is 2.34 bits per heavy atom. The molecule has 10 nitrogen and oxygen atoms in total. The number of para-hydroxylation sites is 1. The van der Waals surface area contributed by atoms with Crippen molar-refractivity contribution in [2.75, 3.05) is 25.4 Å². The Bertz CT molecular complexity index is 1640. The van der Waals surface area contributed by atoms with Gasteiger partial charge in [-0.15, -0.1) is 0 Å². The van der Waals surface area contributed by atoms with Gasteiger partial charge in [0.25, 0.3) is 0 Å². The molecule has 0 bridgehead atoms. The number of amides is 1. The molecule has 1 amide bonds. The summed E-state index contributed by atoms with van der Waals surface area (Å²) >= 11 is 0. The van der Waals surface area contributed by atoms with Gasteiger partial charge in [-0.25, -0.2) is 19.4 Å². The van der Waals surface area contributed by atoms with Gasteiger partial charge < -0.3 is 25.4 Å². The second kappa shape index (κ2) is 11.1. The summed E-state index contributed by atoms with van der Waals surface area (Å²) < 4.78 is 8.05. The Kier molecular flexibility index (Phi) is 7.19. The Labute approximate surface area is 257 Å². The number of carboxylic acid groups (broad SMARTS) is 1. The first-order chi connectivity index (χ1) is 21.2. The van der Waals surface area contributed by atoms with Gasteiger partial charge in [0.2, 0.25) is 0 Å². The molecule has 3 N–H and O–H groups in total. The number of ether oxygens (including phenoxy) is 1. The van der Waals surface area contributed by atoms with Crippen LogP contribution in [-0.4, -0.2) is 72.5 Å². The fraction of sp³-hybridized carbons (Fsp3) is 0.471. The van der Waals surface area contributed by atoms with Crippen LogP contribution in [0.5, 0.6) is 11.5 Å². The average Bonchev–Trinajstić information content (AvgIpc) is 3.70. The summed E-state index contributed by atoms with van der Waals surface area (Å²) in [5, 5.41) is 15.8. The van der Waals surface area contributed by atoms with E-state index >= 15 is 0 Å². The molecule has 0 spiro atoms. The number of rotatable bonds is 5. The van der Waals surface area contributed by atoms with Crippen molar-refractivity contribution in [2.24, 2.45) is 17.3 Å². The summed E-state index contributed by atoms with van der Waals surface area (Å²) in [5.41, 5.74) is 8.83. The van der Waals surface area contributed by atoms with Crippen LogP contribution in [0.2, 0.25) is 0 Å². The van der Waals surface area contributed by atoms with E-state index in [4.69, 9.17) is 15.6 Å². The quantitative estimate of drug-likeness (QED) is 0.275. The number of aromatic nitrogens is 4. The molecule has 2 unspecified atom stereocenters. The molecule has 2 aromatic heterocycles. The zero-order valence-electron chi connectivity index (χ0n) is 25.6. The van der Waals surface area contributed by atoms with E-state index in [1.807, 2.05) is 54.6 Å². The van der Waals surface area contributed by atoms with Gasteiger partial charge in [0.05, 0.1) is 11.4 Å². The molecule has 44 heavy (non-hydrogen) atoms. The van der Waals surface area contributed by atoms with Gasteiger partial charge in [-0.1, -0.05) is 39.0 Å². The summed E-state index contributed by atoms with van der Waals surface area (Å²) in [5.74, 6) is 2.84. The summed E-state index contributed by atoms with van der Waals surface area (Å²) in [6, 6.07) is 18.4. The van der Waals surface area contributed by atoms with Crippen LogP contribution in [0.15, 0.2) is 60.9 Å². The molecule has 1 aliphatic carbocycles. The summed E-state index contributed by atoms with van der Waals surface area (Å²) in [6.07, 6.45) is 4.84. The second-order valence-corrected chi connectivity index (χ2v) is 13.8. The highest BCUT2D eigenvalue weighted by molar-refractivity contribution is 5.98. The minimum absolute atomic E-state index is 0.0719. The third kappa shape index (κ3) is 5.15. The van der Waals surface area contributed by atoms with Crippen molar-refractivity contribution >= 4 is 22.9 Å². The van der Waals surface area contributed by atoms with E-state index in [2.05, 4.69) is 40.3 Å². The van der Waals surface area contributed by atoms with Gasteiger partial charge in [0, 0.05) is 37.3 Å².